The highest BCUT2D eigenvalue weighted by molar-refractivity contribution is 5.69. The molecule has 2 unspecified atom stereocenters. The number of ether oxygens (including phenoxy) is 2. The summed E-state index contributed by atoms with van der Waals surface area (Å²) in [5.41, 5.74) is 2.57. The van der Waals surface area contributed by atoms with Gasteiger partial charge < -0.3 is 14.6 Å². The fourth-order valence-corrected chi connectivity index (χ4v) is 3.54. The summed E-state index contributed by atoms with van der Waals surface area (Å²) in [5.74, 6) is -0.464. The summed E-state index contributed by atoms with van der Waals surface area (Å²) in [6.45, 7) is 3.73. The van der Waals surface area contributed by atoms with E-state index in [0.717, 1.165) is 16.7 Å². The second kappa shape index (κ2) is 11.2. The fourth-order valence-electron chi connectivity index (χ4n) is 3.54. The summed E-state index contributed by atoms with van der Waals surface area (Å²) in [4.78, 5) is 23.8. The molecular weight excluding hydrogens is 426 g/mol. The molecule has 33 heavy (non-hydrogen) atoms. The van der Waals surface area contributed by atoms with Crippen LogP contribution in [-0.4, -0.2) is 51.0 Å². The molecular formula is C23H27N5O5. The first kappa shape index (κ1) is 23.9. The standard InChI is InChI=1S/C23H27N5O5/c1-4-33-21(31)14-28-23(25-26-27-28)22(17-9-6-10-18(12-17)32-3)24-19(13-20(29)30)16-8-5-7-15(2)11-16/h5-12,19,22,24H,4,13-14H2,1-3H3,(H,29,30). The molecule has 0 amide bonds. The van der Waals surface area contributed by atoms with Gasteiger partial charge >= 0.3 is 11.9 Å². The van der Waals surface area contributed by atoms with Crippen LogP contribution >= 0.6 is 0 Å². The summed E-state index contributed by atoms with van der Waals surface area (Å²) >= 11 is 0. The highest BCUT2D eigenvalue weighted by Crippen LogP contribution is 2.29. The molecule has 0 fully saturated rings. The maximum absolute atomic E-state index is 12.1. The second-order valence-corrected chi connectivity index (χ2v) is 7.44. The smallest absolute Gasteiger partial charge is 0.327 e. The first-order valence-electron chi connectivity index (χ1n) is 10.5. The van der Waals surface area contributed by atoms with Gasteiger partial charge in [-0.25, -0.2) is 4.68 Å². The Morgan fingerprint density at radius 3 is 2.61 bits per heavy atom. The van der Waals surface area contributed by atoms with Gasteiger partial charge in [0.25, 0.3) is 0 Å². The van der Waals surface area contributed by atoms with Crippen LogP contribution in [0.25, 0.3) is 0 Å². The van der Waals surface area contributed by atoms with Crippen LogP contribution in [0.5, 0.6) is 5.75 Å². The van der Waals surface area contributed by atoms with Gasteiger partial charge in [0.15, 0.2) is 5.82 Å². The highest BCUT2D eigenvalue weighted by Gasteiger charge is 2.28. The third-order valence-corrected chi connectivity index (χ3v) is 5.02. The highest BCUT2D eigenvalue weighted by atomic mass is 16.5. The van der Waals surface area contributed by atoms with Crippen LogP contribution in [0.4, 0.5) is 0 Å². The van der Waals surface area contributed by atoms with E-state index in [4.69, 9.17) is 9.47 Å². The van der Waals surface area contributed by atoms with Crippen LogP contribution in [0.3, 0.4) is 0 Å². The van der Waals surface area contributed by atoms with Crippen molar-refractivity contribution in [1.82, 2.24) is 25.5 Å². The van der Waals surface area contributed by atoms with Gasteiger partial charge in [0.2, 0.25) is 0 Å². The van der Waals surface area contributed by atoms with Crippen molar-refractivity contribution in [1.29, 1.82) is 0 Å². The average Bonchev–Trinajstić information content (AvgIpc) is 3.24. The molecule has 0 saturated carbocycles. The average molecular weight is 453 g/mol. The number of benzene rings is 2. The Labute approximate surface area is 191 Å². The lowest BCUT2D eigenvalue weighted by Gasteiger charge is -2.25. The van der Waals surface area contributed by atoms with Crippen LogP contribution in [-0.2, 0) is 20.9 Å². The zero-order valence-corrected chi connectivity index (χ0v) is 18.8. The van der Waals surface area contributed by atoms with Gasteiger partial charge in [-0.2, -0.15) is 0 Å². The van der Waals surface area contributed by atoms with E-state index in [1.807, 2.05) is 49.4 Å². The van der Waals surface area contributed by atoms with E-state index in [9.17, 15) is 14.7 Å². The number of aromatic nitrogens is 4. The van der Waals surface area contributed by atoms with Gasteiger partial charge in [0, 0.05) is 6.04 Å². The normalized spacial score (nSPS) is 12.7. The number of aliphatic carboxylic acids is 1. The Morgan fingerprint density at radius 2 is 1.91 bits per heavy atom. The van der Waals surface area contributed by atoms with Crippen molar-refractivity contribution in [2.75, 3.05) is 13.7 Å². The van der Waals surface area contributed by atoms with Crippen molar-refractivity contribution >= 4 is 11.9 Å². The number of carboxylic acids is 1. The molecule has 0 saturated heterocycles. The van der Waals surface area contributed by atoms with Crippen molar-refractivity contribution in [3.8, 4) is 5.75 Å². The number of esters is 1. The van der Waals surface area contributed by atoms with E-state index >= 15 is 0 Å². The summed E-state index contributed by atoms with van der Waals surface area (Å²) in [6, 6.07) is 13.8. The molecule has 0 radical (unpaired) electrons. The second-order valence-electron chi connectivity index (χ2n) is 7.44. The lowest BCUT2D eigenvalue weighted by Crippen LogP contribution is -2.32. The molecule has 2 atom stereocenters. The first-order chi connectivity index (χ1) is 15.9. The van der Waals surface area contributed by atoms with Crippen LogP contribution in [0.1, 0.15) is 47.9 Å². The predicted octanol–water partition coefficient (Wildman–Crippen LogP) is 2.45. The number of carbonyl (C=O) groups excluding carboxylic acids is 1. The van der Waals surface area contributed by atoms with Gasteiger partial charge in [0.05, 0.1) is 26.2 Å². The summed E-state index contributed by atoms with van der Waals surface area (Å²) in [6.07, 6.45) is -0.163. The van der Waals surface area contributed by atoms with E-state index in [-0.39, 0.29) is 19.6 Å². The Balaban J connectivity index is 2.04. The molecule has 2 N–H and O–H groups in total. The third-order valence-electron chi connectivity index (χ3n) is 5.02. The number of carboxylic acid groups (broad SMARTS) is 1. The fraction of sp³-hybridized carbons (Fsp3) is 0.348. The van der Waals surface area contributed by atoms with Crippen LogP contribution in [0.2, 0.25) is 0 Å². The van der Waals surface area contributed by atoms with Crippen LogP contribution in [0.15, 0.2) is 48.5 Å². The van der Waals surface area contributed by atoms with Gasteiger partial charge in [-0.05, 0) is 47.5 Å². The molecule has 0 spiro atoms. The largest absolute Gasteiger partial charge is 0.497 e. The molecule has 0 aliphatic carbocycles. The summed E-state index contributed by atoms with van der Waals surface area (Å²) < 4.78 is 11.7. The van der Waals surface area contributed by atoms with Crippen molar-refractivity contribution in [3.63, 3.8) is 0 Å². The molecule has 3 aromatic rings. The molecule has 1 heterocycles. The maximum Gasteiger partial charge on any atom is 0.327 e. The van der Waals surface area contributed by atoms with Crippen molar-refractivity contribution in [3.05, 3.63) is 71.0 Å². The number of methoxy groups -OCH3 is 1. The lowest BCUT2D eigenvalue weighted by molar-refractivity contribution is -0.144. The monoisotopic (exact) mass is 453 g/mol. The molecule has 0 aliphatic rings. The molecule has 2 aromatic carbocycles. The van der Waals surface area contributed by atoms with Gasteiger partial charge in [-0.1, -0.05) is 42.0 Å². The quantitative estimate of drug-likeness (QED) is 0.421. The first-order valence-corrected chi connectivity index (χ1v) is 10.5. The zero-order valence-electron chi connectivity index (χ0n) is 18.8. The topological polar surface area (TPSA) is 128 Å². The Kier molecular flexibility index (Phi) is 8.09. The summed E-state index contributed by atoms with van der Waals surface area (Å²) in [7, 11) is 1.56. The molecule has 174 valence electrons. The minimum absolute atomic E-state index is 0.163. The lowest BCUT2D eigenvalue weighted by atomic mass is 9.98. The number of tetrazole rings is 1. The Morgan fingerprint density at radius 1 is 1.15 bits per heavy atom. The predicted molar refractivity (Wildman–Crippen MR) is 119 cm³/mol. The minimum Gasteiger partial charge on any atom is -0.497 e. The molecule has 0 bridgehead atoms. The van der Waals surface area contributed by atoms with Gasteiger partial charge in [-0.15, -0.1) is 5.10 Å². The SMILES string of the molecule is CCOC(=O)Cn1nnnc1C(NC(CC(=O)O)c1cccc(C)c1)c1cccc(OC)c1. The van der Waals surface area contributed by atoms with E-state index in [2.05, 4.69) is 20.8 Å². The molecule has 3 rings (SSSR count). The van der Waals surface area contributed by atoms with Crippen molar-refractivity contribution in [2.45, 2.75) is 38.9 Å². The van der Waals surface area contributed by atoms with Crippen molar-refractivity contribution in [2.24, 2.45) is 0 Å². The Hall–Kier alpha value is -3.79. The molecule has 10 heteroatoms. The van der Waals surface area contributed by atoms with E-state index in [0.29, 0.717) is 11.6 Å². The number of nitrogens with one attached hydrogen (secondary N) is 1. The Bertz CT molecular complexity index is 1100. The number of hydrogen-bond acceptors (Lipinski definition) is 8. The zero-order chi connectivity index (χ0) is 23.8. The van der Waals surface area contributed by atoms with Gasteiger partial charge in [-0.3, -0.25) is 14.9 Å². The number of rotatable bonds is 11. The number of hydrogen-bond donors (Lipinski definition) is 2. The number of aryl methyl sites for hydroxylation is 1. The number of nitrogens with zero attached hydrogens (tertiary/aromatic N) is 4. The molecule has 0 aliphatic heterocycles. The van der Waals surface area contributed by atoms with Crippen LogP contribution < -0.4 is 10.1 Å². The molecule has 1 aromatic heterocycles. The maximum atomic E-state index is 12.1. The van der Waals surface area contributed by atoms with Crippen LogP contribution in [0, 0.1) is 6.92 Å². The third kappa shape index (κ3) is 6.36. The summed E-state index contributed by atoms with van der Waals surface area (Å²) in [5, 5.41) is 24.8. The van der Waals surface area contributed by atoms with Crippen molar-refractivity contribution < 1.29 is 24.2 Å². The molecule has 10 nitrogen and oxygen atoms in total. The minimum atomic E-state index is -0.954. The van der Waals surface area contributed by atoms with E-state index in [1.54, 1.807) is 20.1 Å². The van der Waals surface area contributed by atoms with Gasteiger partial charge in [0.1, 0.15) is 12.3 Å². The van der Waals surface area contributed by atoms with E-state index < -0.39 is 24.0 Å². The number of carbonyl (C=O) groups is 2. The van der Waals surface area contributed by atoms with E-state index in [1.165, 1.54) is 4.68 Å².